The lowest BCUT2D eigenvalue weighted by Crippen LogP contribution is -2.26. The van der Waals surface area contributed by atoms with Gasteiger partial charge in [0.25, 0.3) is 5.91 Å². The third kappa shape index (κ3) is 2.30. The van der Waals surface area contributed by atoms with Crippen molar-refractivity contribution in [3.05, 3.63) is 58.3 Å². The zero-order valence-corrected chi connectivity index (χ0v) is 12.2. The van der Waals surface area contributed by atoms with Gasteiger partial charge >= 0.3 is 5.97 Å². The maximum atomic E-state index is 14.1. The Labute approximate surface area is 131 Å². The highest BCUT2D eigenvalue weighted by Crippen LogP contribution is 2.40. The van der Waals surface area contributed by atoms with Gasteiger partial charge in [0.2, 0.25) is 0 Å². The van der Waals surface area contributed by atoms with Crippen molar-refractivity contribution in [1.82, 2.24) is 4.90 Å². The monoisotopic (exact) mass is 315 g/mol. The maximum Gasteiger partial charge on any atom is 0.339 e. The van der Waals surface area contributed by atoms with Crippen LogP contribution in [0, 0.1) is 5.82 Å². The van der Waals surface area contributed by atoms with Gasteiger partial charge in [-0.3, -0.25) is 4.79 Å². The van der Waals surface area contributed by atoms with Gasteiger partial charge in [-0.1, -0.05) is 6.07 Å². The quantitative estimate of drug-likeness (QED) is 0.944. The second-order valence-electron chi connectivity index (χ2n) is 6.03. The molecular weight excluding hydrogens is 301 g/mol. The summed E-state index contributed by atoms with van der Waals surface area (Å²) in [6, 6.07) is 4.67. The largest absolute Gasteiger partial charge is 0.478 e. The van der Waals surface area contributed by atoms with Crippen LogP contribution in [0.4, 0.5) is 4.39 Å². The van der Waals surface area contributed by atoms with E-state index in [4.69, 9.17) is 9.52 Å². The summed E-state index contributed by atoms with van der Waals surface area (Å²) in [6.45, 7) is 0.286. The Kier molecular flexibility index (Phi) is 3.01. The van der Waals surface area contributed by atoms with E-state index in [1.165, 1.54) is 17.2 Å². The number of halogens is 1. The summed E-state index contributed by atoms with van der Waals surface area (Å²) in [4.78, 5) is 25.1. The Bertz CT molecular complexity index is 822. The van der Waals surface area contributed by atoms with Gasteiger partial charge in [0.15, 0.2) is 0 Å². The second-order valence-corrected chi connectivity index (χ2v) is 6.03. The van der Waals surface area contributed by atoms with E-state index in [0.29, 0.717) is 17.2 Å². The molecule has 1 fully saturated rings. The van der Waals surface area contributed by atoms with Crippen LogP contribution in [0.25, 0.3) is 0 Å². The highest BCUT2D eigenvalue weighted by molar-refractivity contribution is 5.96. The lowest BCUT2D eigenvalue weighted by molar-refractivity contribution is 0.0682. The number of carboxylic acids is 1. The average molecular weight is 315 g/mol. The third-order valence-corrected chi connectivity index (χ3v) is 4.45. The van der Waals surface area contributed by atoms with Crippen molar-refractivity contribution in [2.24, 2.45) is 0 Å². The molecule has 5 nitrogen and oxygen atoms in total. The summed E-state index contributed by atoms with van der Waals surface area (Å²) < 4.78 is 19.3. The summed E-state index contributed by atoms with van der Waals surface area (Å²) in [6.07, 6.45) is 3.32. The number of hydrogen-bond donors (Lipinski definition) is 1. The molecule has 2 heterocycles. The molecule has 0 spiro atoms. The Morgan fingerprint density at radius 2 is 2.00 bits per heavy atom. The molecule has 2 aromatic rings. The normalized spacial score (nSPS) is 16.5. The van der Waals surface area contributed by atoms with Crippen LogP contribution in [0.5, 0.6) is 0 Å². The molecule has 0 atom stereocenters. The number of carbonyl (C=O) groups excluding carboxylic acids is 1. The number of furan rings is 1. The van der Waals surface area contributed by atoms with Gasteiger partial charge in [-0.15, -0.1) is 0 Å². The number of carboxylic acid groups (broad SMARTS) is 1. The second kappa shape index (κ2) is 4.94. The van der Waals surface area contributed by atoms with Crippen molar-refractivity contribution in [2.75, 3.05) is 0 Å². The first-order valence-electron chi connectivity index (χ1n) is 7.46. The number of carbonyl (C=O) groups is 2. The van der Waals surface area contributed by atoms with E-state index in [9.17, 15) is 14.0 Å². The highest BCUT2D eigenvalue weighted by atomic mass is 19.1. The molecule has 4 rings (SSSR count). The molecule has 6 heteroatoms. The number of fused-ring (bicyclic) bond motifs is 1. The smallest absolute Gasteiger partial charge is 0.339 e. The molecule has 1 N–H and O–H groups in total. The first-order valence-corrected chi connectivity index (χ1v) is 7.46. The SMILES string of the molecule is O=C(O)c1coc2c1CN(C(=O)c1cc(C3CC3)ccc1F)C2. The van der Waals surface area contributed by atoms with Crippen LogP contribution in [0.15, 0.2) is 28.9 Å². The van der Waals surface area contributed by atoms with Gasteiger partial charge in [0, 0.05) is 5.56 Å². The Hall–Kier alpha value is -2.63. The fourth-order valence-corrected chi connectivity index (χ4v) is 3.02. The summed E-state index contributed by atoms with van der Waals surface area (Å²) >= 11 is 0. The fraction of sp³-hybridized carbons (Fsp3) is 0.294. The van der Waals surface area contributed by atoms with Crippen LogP contribution in [-0.4, -0.2) is 21.9 Å². The average Bonchev–Trinajstić information content (AvgIpc) is 3.16. The predicted molar refractivity (Wildman–Crippen MR) is 77.6 cm³/mol. The first kappa shape index (κ1) is 14.0. The molecule has 0 bridgehead atoms. The van der Waals surface area contributed by atoms with Gasteiger partial charge in [-0.05, 0) is 36.5 Å². The molecule has 23 heavy (non-hydrogen) atoms. The number of benzene rings is 1. The molecular formula is C17H14FNO4. The van der Waals surface area contributed by atoms with Crippen LogP contribution >= 0.6 is 0 Å². The van der Waals surface area contributed by atoms with Gasteiger partial charge in [0.05, 0.1) is 18.7 Å². The number of aromatic carboxylic acids is 1. The van der Waals surface area contributed by atoms with Crippen LogP contribution in [0.3, 0.4) is 0 Å². The van der Waals surface area contributed by atoms with Gasteiger partial charge in [-0.25, -0.2) is 9.18 Å². The molecule has 0 unspecified atom stereocenters. The molecule has 1 amide bonds. The van der Waals surface area contributed by atoms with E-state index >= 15 is 0 Å². The van der Waals surface area contributed by atoms with E-state index < -0.39 is 17.7 Å². The standard InChI is InChI=1S/C17H14FNO4/c18-14-4-3-10(9-1-2-9)5-11(14)16(20)19-6-12-13(17(21)22)8-23-15(12)7-19/h3-5,8-9H,1-2,6-7H2,(H,21,22). The van der Waals surface area contributed by atoms with E-state index in [0.717, 1.165) is 18.4 Å². The van der Waals surface area contributed by atoms with Crippen molar-refractivity contribution in [3.8, 4) is 0 Å². The Morgan fingerprint density at radius 3 is 2.70 bits per heavy atom. The van der Waals surface area contributed by atoms with Crippen molar-refractivity contribution in [2.45, 2.75) is 31.8 Å². The fourth-order valence-electron chi connectivity index (χ4n) is 3.02. The molecule has 118 valence electrons. The highest BCUT2D eigenvalue weighted by Gasteiger charge is 2.33. The molecule has 1 aromatic carbocycles. The van der Waals surface area contributed by atoms with Crippen LogP contribution < -0.4 is 0 Å². The van der Waals surface area contributed by atoms with Crippen LogP contribution in [0.2, 0.25) is 0 Å². The minimum absolute atomic E-state index is 0.0384. The molecule has 1 saturated carbocycles. The molecule has 2 aliphatic rings. The van der Waals surface area contributed by atoms with Gasteiger partial charge in [-0.2, -0.15) is 0 Å². The predicted octanol–water partition coefficient (Wildman–Crippen LogP) is 3.15. The summed E-state index contributed by atoms with van der Waals surface area (Å²) in [5.74, 6) is -1.21. The van der Waals surface area contributed by atoms with Crippen LogP contribution in [-0.2, 0) is 13.1 Å². The van der Waals surface area contributed by atoms with Crippen molar-refractivity contribution in [3.63, 3.8) is 0 Å². The van der Waals surface area contributed by atoms with E-state index in [-0.39, 0.29) is 24.2 Å². The van der Waals surface area contributed by atoms with E-state index in [1.807, 2.05) is 0 Å². The molecule has 1 aromatic heterocycles. The molecule has 0 saturated heterocycles. The summed E-state index contributed by atoms with van der Waals surface area (Å²) in [7, 11) is 0. The van der Waals surface area contributed by atoms with Crippen molar-refractivity contribution >= 4 is 11.9 Å². The van der Waals surface area contributed by atoms with Gasteiger partial charge in [0.1, 0.15) is 23.4 Å². The van der Waals surface area contributed by atoms with E-state index in [2.05, 4.69) is 0 Å². The lowest BCUT2D eigenvalue weighted by atomic mass is 10.1. The lowest BCUT2D eigenvalue weighted by Gasteiger charge is -2.16. The van der Waals surface area contributed by atoms with Crippen molar-refractivity contribution in [1.29, 1.82) is 0 Å². The zero-order valence-electron chi connectivity index (χ0n) is 12.2. The molecule has 0 radical (unpaired) electrons. The first-order chi connectivity index (χ1) is 11.0. The number of amides is 1. The number of rotatable bonds is 3. The number of hydrogen-bond acceptors (Lipinski definition) is 3. The minimum Gasteiger partial charge on any atom is -0.478 e. The van der Waals surface area contributed by atoms with Crippen LogP contribution in [0.1, 0.15) is 56.4 Å². The topological polar surface area (TPSA) is 70.8 Å². The number of nitrogens with zero attached hydrogens (tertiary/aromatic N) is 1. The Morgan fingerprint density at radius 1 is 1.22 bits per heavy atom. The maximum absolute atomic E-state index is 14.1. The minimum atomic E-state index is -1.09. The third-order valence-electron chi connectivity index (χ3n) is 4.45. The molecule has 1 aliphatic carbocycles. The van der Waals surface area contributed by atoms with E-state index in [1.54, 1.807) is 12.1 Å². The van der Waals surface area contributed by atoms with Crippen molar-refractivity contribution < 1.29 is 23.5 Å². The molecule has 1 aliphatic heterocycles. The zero-order chi connectivity index (χ0) is 16.1. The summed E-state index contributed by atoms with van der Waals surface area (Å²) in [5.41, 5.74) is 1.57. The Balaban J connectivity index is 1.61. The summed E-state index contributed by atoms with van der Waals surface area (Å²) in [5, 5.41) is 9.10. The van der Waals surface area contributed by atoms with Gasteiger partial charge < -0.3 is 14.4 Å².